The first-order valence-corrected chi connectivity index (χ1v) is 11.4. The molecule has 1 aliphatic heterocycles. The summed E-state index contributed by atoms with van der Waals surface area (Å²) in [6, 6.07) is 11.9. The van der Waals surface area contributed by atoms with E-state index in [1.807, 2.05) is 13.8 Å². The summed E-state index contributed by atoms with van der Waals surface area (Å²) in [6.45, 7) is 4.95. The van der Waals surface area contributed by atoms with Crippen LogP contribution in [0, 0.1) is 11.7 Å². The molecule has 1 unspecified atom stereocenters. The Kier molecular flexibility index (Phi) is 6.70. The Bertz CT molecular complexity index is 952. The Hall–Kier alpha value is -2.25. The molecule has 0 spiro atoms. The molecule has 1 N–H and O–H groups in total. The summed E-state index contributed by atoms with van der Waals surface area (Å²) in [6.07, 6.45) is 2.74. The lowest BCUT2D eigenvalue weighted by atomic mass is 9.95. The number of rotatable bonds is 6. The number of hydrogen-bond donors (Lipinski definition) is 1. The second kappa shape index (κ2) is 9.05. The van der Waals surface area contributed by atoms with Crippen molar-refractivity contribution in [3.05, 3.63) is 65.5 Å². The van der Waals surface area contributed by atoms with Crippen LogP contribution in [0.4, 0.5) is 4.39 Å². The van der Waals surface area contributed by atoms with E-state index in [-0.39, 0.29) is 34.1 Å². The second-order valence-electron chi connectivity index (χ2n) is 7.74. The van der Waals surface area contributed by atoms with Gasteiger partial charge in [0, 0.05) is 18.7 Å². The van der Waals surface area contributed by atoms with Gasteiger partial charge in [0.15, 0.2) is 0 Å². The number of piperidine rings is 1. The molecule has 0 aliphatic carbocycles. The van der Waals surface area contributed by atoms with Crippen LogP contribution in [0.3, 0.4) is 0 Å². The standard InChI is InChI=1S/C22H27FN2O3S/c1-16(2)21(17-9-11-19(23)12-10-17)24-22(26)18-7-6-8-20(15-18)29(27,28)25-13-4-3-5-14-25/h6-12,15-16,21H,3-5,13-14H2,1-2H3,(H,24,26). The fourth-order valence-electron chi connectivity index (χ4n) is 3.58. The lowest BCUT2D eigenvalue weighted by Crippen LogP contribution is -2.36. The molecule has 1 fully saturated rings. The van der Waals surface area contributed by atoms with Crippen LogP contribution in [-0.4, -0.2) is 31.7 Å². The summed E-state index contributed by atoms with van der Waals surface area (Å²) < 4.78 is 40.5. The number of halogens is 1. The predicted octanol–water partition coefficient (Wildman–Crippen LogP) is 4.13. The molecule has 29 heavy (non-hydrogen) atoms. The topological polar surface area (TPSA) is 66.5 Å². The number of hydrogen-bond acceptors (Lipinski definition) is 3. The third kappa shape index (κ3) is 5.03. The zero-order valence-corrected chi connectivity index (χ0v) is 17.6. The number of carbonyl (C=O) groups excluding carboxylic acids is 1. The average Bonchev–Trinajstić information content (AvgIpc) is 2.73. The third-order valence-corrected chi connectivity index (χ3v) is 7.13. The molecular formula is C22H27FN2O3S. The molecule has 1 saturated heterocycles. The van der Waals surface area contributed by atoms with Crippen molar-refractivity contribution < 1.29 is 17.6 Å². The van der Waals surface area contributed by atoms with E-state index in [0.29, 0.717) is 13.1 Å². The van der Waals surface area contributed by atoms with Crippen molar-refractivity contribution in [3.63, 3.8) is 0 Å². The van der Waals surface area contributed by atoms with Crippen molar-refractivity contribution in [2.45, 2.75) is 44.0 Å². The van der Waals surface area contributed by atoms with Crippen LogP contribution in [0.25, 0.3) is 0 Å². The molecule has 0 aromatic heterocycles. The highest BCUT2D eigenvalue weighted by atomic mass is 32.2. The lowest BCUT2D eigenvalue weighted by Gasteiger charge is -2.26. The van der Waals surface area contributed by atoms with E-state index in [4.69, 9.17) is 0 Å². The van der Waals surface area contributed by atoms with Gasteiger partial charge in [-0.05, 0) is 54.7 Å². The van der Waals surface area contributed by atoms with Gasteiger partial charge in [-0.25, -0.2) is 12.8 Å². The number of carbonyl (C=O) groups is 1. The van der Waals surface area contributed by atoms with E-state index >= 15 is 0 Å². The number of sulfonamides is 1. The first-order valence-electron chi connectivity index (χ1n) is 9.95. The van der Waals surface area contributed by atoms with Crippen molar-refractivity contribution in [1.82, 2.24) is 9.62 Å². The number of nitrogens with zero attached hydrogens (tertiary/aromatic N) is 1. The Morgan fingerprint density at radius 2 is 1.69 bits per heavy atom. The van der Waals surface area contributed by atoms with E-state index in [1.165, 1.54) is 28.6 Å². The van der Waals surface area contributed by atoms with Gasteiger partial charge in [0.2, 0.25) is 10.0 Å². The minimum absolute atomic E-state index is 0.0738. The smallest absolute Gasteiger partial charge is 0.251 e. The molecule has 1 amide bonds. The molecule has 0 bridgehead atoms. The summed E-state index contributed by atoms with van der Waals surface area (Å²) in [5, 5.41) is 2.96. The molecule has 1 heterocycles. The van der Waals surface area contributed by atoms with Gasteiger partial charge in [-0.15, -0.1) is 0 Å². The summed E-state index contributed by atoms with van der Waals surface area (Å²) in [4.78, 5) is 13.0. The van der Waals surface area contributed by atoms with Crippen LogP contribution in [-0.2, 0) is 10.0 Å². The van der Waals surface area contributed by atoms with Crippen molar-refractivity contribution in [2.24, 2.45) is 5.92 Å². The van der Waals surface area contributed by atoms with Crippen LogP contribution in [0.15, 0.2) is 53.4 Å². The zero-order valence-electron chi connectivity index (χ0n) is 16.8. The fourth-order valence-corrected chi connectivity index (χ4v) is 5.15. The Morgan fingerprint density at radius 3 is 2.31 bits per heavy atom. The molecule has 2 aromatic carbocycles. The van der Waals surface area contributed by atoms with Crippen LogP contribution < -0.4 is 5.32 Å². The SMILES string of the molecule is CC(C)C(NC(=O)c1cccc(S(=O)(=O)N2CCCCC2)c1)c1ccc(F)cc1. The normalized spacial score (nSPS) is 16.6. The largest absolute Gasteiger partial charge is 0.345 e. The van der Waals surface area contributed by atoms with Crippen molar-refractivity contribution in [3.8, 4) is 0 Å². The van der Waals surface area contributed by atoms with E-state index < -0.39 is 10.0 Å². The molecule has 1 atom stereocenters. The number of nitrogens with one attached hydrogen (secondary N) is 1. The summed E-state index contributed by atoms with van der Waals surface area (Å²) in [7, 11) is -3.61. The van der Waals surface area contributed by atoms with E-state index in [0.717, 1.165) is 24.8 Å². The van der Waals surface area contributed by atoms with Gasteiger partial charge >= 0.3 is 0 Å². The molecule has 2 aromatic rings. The molecule has 5 nitrogen and oxygen atoms in total. The molecular weight excluding hydrogens is 391 g/mol. The molecule has 3 rings (SSSR count). The van der Waals surface area contributed by atoms with E-state index in [9.17, 15) is 17.6 Å². The predicted molar refractivity (Wildman–Crippen MR) is 110 cm³/mol. The number of amides is 1. The highest BCUT2D eigenvalue weighted by Crippen LogP contribution is 2.24. The first-order chi connectivity index (χ1) is 13.8. The summed E-state index contributed by atoms with van der Waals surface area (Å²) >= 11 is 0. The first kappa shape index (κ1) is 21.5. The highest BCUT2D eigenvalue weighted by molar-refractivity contribution is 7.89. The van der Waals surface area contributed by atoms with Crippen LogP contribution in [0.2, 0.25) is 0 Å². The molecule has 156 valence electrons. The maximum atomic E-state index is 13.2. The van der Waals surface area contributed by atoms with Crippen LogP contribution in [0.5, 0.6) is 0 Å². The maximum Gasteiger partial charge on any atom is 0.251 e. The Morgan fingerprint density at radius 1 is 1.03 bits per heavy atom. The van der Waals surface area contributed by atoms with E-state index in [2.05, 4.69) is 5.32 Å². The van der Waals surface area contributed by atoms with Gasteiger partial charge in [-0.3, -0.25) is 4.79 Å². The third-order valence-electron chi connectivity index (χ3n) is 5.23. The van der Waals surface area contributed by atoms with Crippen molar-refractivity contribution in [2.75, 3.05) is 13.1 Å². The Labute approximate surface area is 172 Å². The second-order valence-corrected chi connectivity index (χ2v) is 9.68. The Balaban J connectivity index is 1.82. The van der Waals surface area contributed by atoms with Gasteiger partial charge in [-0.2, -0.15) is 4.31 Å². The zero-order chi connectivity index (χ0) is 21.0. The van der Waals surface area contributed by atoms with Gasteiger partial charge in [-0.1, -0.05) is 38.5 Å². The number of benzene rings is 2. The van der Waals surface area contributed by atoms with Crippen molar-refractivity contribution in [1.29, 1.82) is 0 Å². The van der Waals surface area contributed by atoms with Crippen molar-refractivity contribution >= 4 is 15.9 Å². The maximum absolute atomic E-state index is 13.2. The minimum Gasteiger partial charge on any atom is -0.345 e. The summed E-state index contributed by atoms with van der Waals surface area (Å²) in [5.74, 6) is -0.619. The summed E-state index contributed by atoms with van der Waals surface area (Å²) in [5.41, 5.74) is 1.09. The average molecular weight is 419 g/mol. The van der Waals surface area contributed by atoms with Gasteiger partial charge in [0.1, 0.15) is 5.82 Å². The molecule has 7 heteroatoms. The van der Waals surface area contributed by atoms with Gasteiger partial charge in [0.05, 0.1) is 10.9 Å². The van der Waals surface area contributed by atoms with Gasteiger partial charge < -0.3 is 5.32 Å². The fraction of sp³-hybridized carbons (Fsp3) is 0.409. The lowest BCUT2D eigenvalue weighted by molar-refractivity contribution is 0.0925. The van der Waals surface area contributed by atoms with Crippen LogP contribution >= 0.6 is 0 Å². The minimum atomic E-state index is -3.61. The highest BCUT2D eigenvalue weighted by Gasteiger charge is 2.27. The molecule has 0 saturated carbocycles. The van der Waals surface area contributed by atoms with Crippen LogP contribution in [0.1, 0.15) is 55.1 Å². The molecule has 0 radical (unpaired) electrons. The van der Waals surface area contributed by atoms with E-state index in [1.54, 1.807) is 24.3 Å². The van der Waals surface area contributed by atoms with Gasteiger partial charge in [0.25, 0.3) is 5.91 Å². The quantitative estimate of drug-likeness (QED) is 0.767. The molecule has 1 aliphatic rings. The monoisotopic (exact) mass is 418 g/mol.